The van der Waals surface area contributed by atoms with Crippen molar-refractivity contribution in [3.05, 3.63) is 53.8 Å². The van der Waals surface area contributed by atoms with Gasteiger partial charge in [-0.15, -0.1) is 0 Å². The van der Waals surface area contributed by atoms with E-state index in [0.29, 0.717) is 43.2 Å². The first kappa shape index (κ1) is 20.4. The maximum absolute atomic E-state index is 13.1. The van der Waals surface area contributed by atoms with Gasteiger partial charge in [0.1, 0.15) is 12.4 Å². The molecule has 0 saturated carbocycles. The second kappa shape index (κ2) is 9.27. The fraction of sp³-hybridized carbons (Fsp3) is 0.333. The van der Waals surface area contributed by atoms with Crippen molar-refractivity contribution in [2.45, 2.75) is 6.42 Å². The van der Waals surface area contributed by atoms with Crippen LogP contribution in [-0.4, -0.2) is 57.2 Å². The van der Waals surface area contributed by atoms with Crippen molar-refractivity contribution in [1.29, 1.82) is 0 Å². The van der Waals surface area contributed by atoms with Crippen molar-refractivity contribution in [3.63, 3.8) is 0 Å². The Morgan fingerprint density at radius 1 is 1.07 bits per heavy atom. The van der Waals surface area contributed by atoms with Crippen LogP contribution in [0.5, 0.6) is 11.5 Å². The Hall–Kier alpha value is -3.29. The van der Waals surface area contributed by atoms with Crippen molar-refractivity contribution < 1.29 is 23.5 Å². The van der Waals surface area contributed by atoms with Gasteiger partial charge in [-0.25, -0.2) is 9.18 Å². The molecular weight excluding hydrogens is 377 g/mol. The molecule has 0 bridgehead atoms. The molecule has 2 aromatic carbocycles. The minimum absolute atomic E-state index is 0.0114. The third-order valence-electron chi connectivity index (χ3n) is 4.75. The van der Waals surface area contributed by atoms with Gasteiger partial charge in [-0.1, -0.05) is 6.07 Å². The molecule has 0 radical (unpaired) electrons. The average Bonchev–Trinajstić information content (AvgIpc) is 3.08. The fourth-order valence-corrected chi connectivity index (χ4v) is 3.20. The number of rotatable bonds is 8. The maximum Gasteiger partial charge on any atom is 0.325 e. The number of hydrogen-bond donors (Lipinski definition) is 1. The second-order valence-electron chi connectivity index (χ2n) is 6.62. The molecule has 29 heavy (non-hydrogen) atoms. The van der Waals surface area contributed by atoms with Crippen molar-refractivity contribution in [3.8, 4) is 11.5 Å². The van der Waals surface area contributed by atoms with E-state index >= 15 is 0 Å². The predicted octanol–water partition coefficient (Wildman–Crippen LogP) is 2.44. The van der Waals surface area contributed by atoms with E-state index < -0.39 is 0 Å². The van der Waals surface area contributed by atoms with E-state index in [9.17, 15) is 14.0 Å². The minimum atomic E-state index is -0.355. The smallest absolute Gasteiger partial charge is 0.325 e. The third-order valence-corrected chi connectivity index (χ3v) is 4.75. The summed E-state index contributed by atoms with van der Waals surface area (Å²) in [7, 11) is 3.15. The molecule has 1 fully saturated rings. The predicted molar refractivity (Wildman–Crippen MR) is 107 cm³/mol. The number of nitrogens with zero attached hydrogens (tertiary/aromatic N) is 2. The lowest BCUT2D eigenvalue weighted by atomic mass is 10.1. The van der Waals surface area contributed by atoms with Gasteiger partial charge in [0.05, 0.1) is 14.2 Å². The molecule has 3 amide bonds. The molecule has 0 atom stereocenters. The lowest BCUT2D eigenvalue weighted by Crippen LogP contribution is -2.40. The lowest BCUT2D eigenvalue weighted by Gasteiger charge is -2.18. The molecule has 1 aliphatic rings. The monoisotopic (exact) mass is 401 g/mol. The van der Waals surface area contributed by atoms with Gasteiger partial charge in [-0.05, 0) is 48.4 Å². The number of halogens is 1. The largest absolute Gasteiger partial charge is 0.493 e. The number of methoxy groups -OCH3 is 2. The number of urea groups is 1. The quantitative estimate of drug-likeness (QED) is 0.738. The van der Waals surface area contributed by atoms with Crippen molar-refractivity contribution in [2.75, 3.05) is 45.3 Å². The van der Waals surface area contributed by atoms with Gasteiger partial charge in [0.25, 0.3) is 0 Å². The van der Waals surface area contributed by atoms with Crippen LogP contribution in [0.25, 0.3) is 0 Å². The van der Waals surface area contributed by atoms with Crippen LogP contribution in [-0.2, 0) is 11.2 Å². The standard InChI is InChI=1S/C21H24FN3O4/c1-28-18-8-3-15(13-19(18)29-2)9-10-23-20(26)14-24-11-12-25(21(24)27)17-6-4-16(22)5-7-17/h3-8,13H,9-12,14H2,1-2H3,(H,23,26). The van der Waals surface area contributed by atoms with Crippen LogP contribution in [0.2, 0.25) is 0 Å². The van der Waals surface area contributed by atoms with Gasteiger partial charge in [-0.3, -0.25) is 9.69 Å². The zero-order valence-corrected chi connectivity index (χ0v) is 16.5. The van der Waals surface area contributed by atoms with E-state index in [-0.39, 0.29) is 24.3 Å². The molecule has 1 N–H and O–H groups in total. The molecule has 1 aliphatic heterocycles. The molecule has 0 aromatic heterocycles. The maximum atomic E-state index is 13.1. The first-order valence-corrected chi connectivity index (χ1v) is 9.31. The number of benzene rings is 2. The van der Waals surface area contributed by atoms with Crippen LogP contribution >= 0.6 is 0 Å². The first-order chi connectivity index (χ1) is 14.0. The SMILES string of the molecule is COc1ccc(CCNC(=O)CN2CCN(c3ccc(F)cc3)C2=O)cc1OC. The van der Waals surface area contributed by atoms with E-state index in [2.05, 4.69) is 5.32 Å². The Morgan fingerprint density at radius 3 is 2.48 bits per heavy atom. The third kappa shape index (κ3) is 4.96. The van der Waals surface area contributed by atoms with Gasteiger partial charge >= 0.3 is 6.03 Å². The van der Waals surface area contributed by atoms with Gasteiger partial charge in [-0.2, -0.15) is 0 Å². The van der Waals surface area contributed by atoms with Crippen LogP contribution in [0.4, 0.5) is 14.9 Å². The summed E-state index contributed by atoms with van der Waals surface area (Å²) in [5.41, 5.74) is 1.62. The Labute approximate surface area is 169 Å². The molecule has 0 spiro atoms. The van der Waals surface area contributed by atoms with E-state index in [4.69, 9.17) is 9.47 Å². The van der Waals surface area contributed by atoms with Gasteiger partial charge in [0.2, 0.25) is 5.91 Å². The summed E-state index contributed by atoms with van der Waals surface area (Å²) in [6.45, 7) is 1.34. The van der Waals surface area contributed by atoms with Gasteiger partial charge < -0.3 is 19.7 Å². The topological polar surface area (TPSA) is 71.1 Å². The number of hydrogen-bond acceptors (Lipinski definition) is 4. The number of carbonyl (C=O) groups is 2. The summed E-state index contributed by atoms with van der Waals surface area (Å²) in [5.74, 6) is 0.712. The number of nitrogens with one attached hydrogen (secondary N) is 1. The fourth-order valence-electron chi connectivity index (χ4n) is 3.20. The van der Waals surface area contributed by atoms with Gasteiger partial charge in [0, 0.05) is 25.3 Å². The molecule has 3 rings (SSSR count). The average molecular weight is 401 g/mol. The van der Waals surface area contributed by atoms with Crippen LogP contribution in [0.3, 0.4) is 0 Å². The Balaban J connectivity index is 1.47. The highest BCUT2D eigenvalue weighted by Crippen LogP contribution is 2.27. The van der Waals surface area contributed by atoms with E-state index in [1.165, 1.54) is 21.9 Å². The van der Waals surface area contributed by atoms with E-state index in [0.717, 1.165) is 5.56 Å². The van der Waals surface area contributed by atoms with Crippen LogP contribution < -0.4 is 19.7 Å². The Bertz CT molecular complexity index is 873. The van der Waals surface area contributed by atoms with E-state index in [1.54, 1.807) is 26.4 Å². The van der Waals surface area contributed by atoms with Crippen LogP contribution in [0.1, 0.15) is 5.56 Å². The highest BCUT2D eigenvalue weighted by molar-refractivity contribution is 5.96. The molecule has 1 saturated heterocycles. The number of amides is 3. The molecular formula is C21H24FN3O4. The number of anilines is 1. The molecule has 7 nitrogen and oxygen atoms in total. The zero-order valence-electron chi connectivity index (χ0n) is 16.5. The molecule has 0 unspecified atom stereocenters. The molecule has 2 aromatic rings. The van der Waals surface area contributed by atoms with Crippen molar-refractivity contribution in [2.24, 2.45) is 0 Å². The number of ether oxygens (including phenoxy) is 2. The highest BCUT2D eigenvalue weighted by atomic mass is 19.1. The summed E-state index contributed by atoms with van der Waals surface area (Å²) >= 11 is 0. The summed E-state index contributed by atoms with van der Waals surface area (Å²) in [4.78, 5) is 27.8. The summed E-state index contributed by atoms with van der Waals surface area (Å²) in [6, 6.07) is 11.1. The summed E-state index contributed by atoms with van der Waals surface area (Å²) in [5, 5.41) is 2.83. The van der Waals surface area contributed by atoms with Crippen molar-refractivity contribution >= 4 is 17.6 Å². The molecule has 1 heterocycles. The van der Waals surface area contributed by atoms with E-state index in [1.807, 2.05) is 18.2 Å². The Morgan fingerprint density at radius 2 is 1.79 bits per heavy atom. The summed E-state index contributed by atoms with van der Waals surface area (Å²) < 4.78 is 23.5. The molecule has 154 valence electrons. The first-order valence-electron chi connectivity index (χ1n) is 9.31. The molecule has 8 heteroatoms. The summed E-state index contributed by atoms with van der Waals surface area (Å²) in [6.07, 6.45) is 0.627. The van der Waals surface area contributed by atoms with Gasteiger partial charge in [0.15, 0.2) is 11.5 Å². The van der Waals surface area contributed by atoms with Crippen molar-refractivity contribution in [1.82, 2.24) is 10.2 Å². The van der Waals surface area contributed by atoms with Crippen LogP contribution in [0, 0.1) is 5.82 Å². The molecule has 0 aliphatic carbocycles. The highest BCUT2D eigenvalue weighted by Gasteiger charge is 2.30. The normalized spacial score (nSPS) is 13.6. The lowest BCUT2D eigenvalue weighted by molar-refractivity contribution is -0.121. The van der Waals surface area contributed by atoms with Crippen LogP contribution in [0.15, 0.2) is 42.5 Å². The number of carbonyl (C=O) groups excluding carboxylic acids is 2. The Kier molecular flexibility index (Phi) is 6.54. The zero-order chi connectivity index (χ0) is 20.8. The minimum Gasteiger partial charge on any atom is -0.493 e. The second-order valence-corrected chi connectivity index (χ2v) is 6.62.